The molecule has 3 N–H and O–H groups in total. The molecule has 0 atom stereocenters. The van der Waals surface area contributed by atoms with Crippen LogP contribution in [0.15, 0.2) is 47.4 Å². The minimum absolute atomic E-state index is 0.0416. The number of nitrogens with one attached hydrogen (secondary N) is 1. The van der Waals surface area contributed by atoms with Crippen LogP contribution >= 0.6 is 11.6 Å². The lowest BCUT2D eigenvalue weighted by Gasteiger charge is -2.11. The SMILES string of the molecule is COc1c(Cl)cc(C(=O)CCCCNCCc2ccccc2)cc1S(N)(=O)=O. The summed E-state index contributed by atoms with van der Waals surface area (Å²) in [5.41, 5.74) is 1.50. The Kier molecular flexibility index (Phi) is 8.44. The average Bonchev–Trinajstić information content (AvgIpc) is 2.66. The first-order valence-electron chi connectivity index (χ1n) is 9.01. The highest BCUT2D eigenvalue weighted by molar-refractivity contribution is 7.89. The number of Topliss-reactive ketones (excluding diaryl/α,β-unsaturated/α-hetero) is 1. The molecule has 2 aromatic carbocycles. The number of ketones is 1. The number of sulfonamides is 1. The zero-order valence-corrected chi connectivity index (χ0v) is 17.4. The highest BCUT2D eigenvalue weighted by atomic mass is 35.5. The summed E-state index contributed by atoms with van der Waals surface area (Å²) in [5.74, 6) is -0.234. The van der Waals surface area contributed by atoms with Crippen molar-refractivity contribution in [2.24, 2.45) is 5.14 Å². The number of benzene rings is 2. The fourth-order valence-corrected chi connectivity index (χ4v) is 3.92. The number of carbonyl (C=O) groups excluding carboxylic acids is 1. The van der Waals surface area contributed by atoms with E-state index in [0.717, 1.165) is 25.9 Å². The third-order valence-corrected chi connectivity index (χ3v) is 5.48. The summed E-state index contributed by atoms with van der Waals surface area (Å²) in [7, 11) is -2.76. The van der Waals surface area contributed by atoms with Crippen molar-refractivity contribution in [3.63, 3.8) is 0 Å². The number of ether oxygens (including phenoxy) is 1. The van der Waals surface area contributed by atoms with E-state index in [-0.39, 0.29) is 27.0 Å². The molecule has 8 heteroatoms. The predicted molar refractivity (Wildman–Crippen MR) is 111 cm³/mol. The van der Waals surface area contributed by atoms with Crippen LogP contribution in [-0.2, 0) is 16.4 Å². The maximum absolute atomic E-state index is 12.4. The summed E-state index contributed by atoms with van der Waals surface area (Å²) >= 11 is 6.05. The van der Waals surface area contributed by atoms with Gasteiger partial charge in [-0.2, -0.15) is 0 Å². The van der Waals surface area contributed by atoms with Crippen molar-refractivity contribution in [3.8, 4) is 5.75 Å². The minimum Gasteiger partial charge on any atom is -0.494 e. The Bertz CT molecular complexity index is 902. The van der Waals surface area contributed by atoms with E-state index in [1.807, 2.05) is 18.2 Å². The second-order valence-electron chi connectivity index (χ2n) is 6.40. The van der Waals surface area contributed by atoms with Crippen LogP contribution in [0.2, 0.25) is 5.02 Å². The Morgan fingerprint density at radius 1 is 1.14 bits per heavy atom. The van der Waals surface area contributed by atoms with Crippen LogP contribution in [0.1, 0.15) is 35.2 Å². The third kappa shape index (κ3) is 6.60. The van der Waals surface area contributed by atoms with E-state index in [0.29, 0.717) is 12.8 Å². The molecule has 28 heavy (non-hydrogen) atoms. The zero-order chi connectivity index (χ0) is 20.6. The maximum atomic E-state index is 12.4. The Labute approximate surface area is 171 Å². The van der Waals surface area contributed by atoms with Gasteiger partial charge >= 0.3 is 0 Å². The van der Waals surface area contributed by atoms with Gasteiger partial charge in [-0.25, -0.2) is 13.6 Å². The number of rotatable bonds is 11. The Morgan fingerprint density at radius 3 is 2.50 bits per heavy atom. The number of hydrogen-bond donors (Lipinski definition) is 2. The highest BCUT2D eigenvalue weighted by Gasteiger charge is 2.21. The number of nitrogens with two attached hydrogens (primary N) is 1. The lowest BCUT2D eigenvalue weighted by molar-refractivity contribution is 0.0979. The van der Waals surface area contributed by atoms with E-state index in [4.69, 9.17) is 21.5 Å². The second kappa shape index (κ2) is 10.6. The molecule has 0 aliphatic carbocycles. The molecule has 0 saturated heterocycles. The maximum Gasteiger partial charge on any atom is 0.241 e. The Balaban J connectivity index is 1.81. The fourth-order valence-electron chi connectivity index (χ4n) is 2.82. The van der Waals surface area contributed by atoms with Gasteiger partial charge < -0.3 is 10.1 Å². The second-order valence-corrected chi connectivity index (χ2v) is 8.34. The topological polar surface area (TPSA) is 98.5 Å². The van der Waals surface area contributed by atoms with Crippen molar-refractivity contribution < 1.29 is 17.9 Å². The molecule has 0 aliphatic rings. The van der Waals surface area contributed by atoms with Crippen LogP contribution in [0.3, 0.4) is 0 Å². The molecule has 2 aromatic rings. The van der Waals surface area contributed by atoms with Gasteiger partial charge in [-0.15, -0.1) is 0 Å². The van der Waals surface area contributed by atoms with Gasteiger partial charge in [0.25, 0.3) is 0 Å². The molecule has 0 unspecified atom stereocenters. The van der Waals surface area contributed by atoms with Crippen LogP contribution < -0.4 is 15.2 Å². The quantitative estimate of drug-likeness (QED) is 0.426. The van der Waals surface area contributed by atoms with Crippen molar-refractivity contribution in [2.75, 3.05) is 20.2 Å². The summed E-state index contributed by atoms with van der Waals surface area (Å²) < 4.78 is 28.4. The van der Waals surface area contributed by atoms with E-state index < -0.39 is 10.0 Å². The van der Waals surface area contributed by atoms with E-state index in [9.17, 15) is 13.2 Å². The molecule has 152 valence electrons. The standard InChI is InChI=1S/C20H25ClN2O4S/c1-27-20-17(21)13-16(14-19(20)28(22,25)26)18(24)9-5-6-11-23-12-10-15-7-3-2-4-8-15/h2-4,7-8,13-14,23H,5-6,9-12H2,1H3,(H2,22,25,26). The van der Waals surface area contributed by atoms with Gasteiger partial charge in [0.2, 0.25) is 10.0 Å². The number of primary sulfonamides is 1. The molecule has 0 bridgehead atoms. The summed E-state index contributed by atoms with van der Waals surface area (Å²) in [5, 5.41) is 8.59. The van der Waals surface area contributed by atoms with Gasteiger partial charge in [0, 0.05) is 12.0 Å². The lowest BCUT2D eigenvalue weighted by Crippen LogP contribution is -2.18. The normalized spacial score (nSPS) is 11.4. The molecular formula is C20H25ClN2O4S. The van der Waals surface area contributed by atoms with E-state index in [1.165, 1.54) is 24.8 Å². The van der Waals surface area contributed by atoms with Crippen molar-refractivity contribution in [1.82, 2.24) is 5.32 Å². The largest absolute Gasteiger partial charge is 0.494 e. The number of unbranched alkanes of at least 4 members (excludes halogenated alkanes) is 1. The highest BCUT2D eigenvalue weighted by Crippen LogP contribution is 2.33. The van der Waals surface area contributed by atoms with Crippen molar-refractivity contribution in [1.29, 1.82) is 0 Å². The number of hydrogen-bond acceptors (Lipinski definition) is 5. The van der Waals surface area contributed by atoms with E-state index >= 15 is 0 Å². The molecule has 0 saturated carbocycles. The third-order valence-electron chi connectivity index (χ3n) is 4.28. The summed E-state index contributed by atoms with van der Waals surface area (Å²) in [6.45, 7) is 1.69. The van der Waals surface area contributed by atoms with Crippen LogP contribution in [0.25, 0.3) is 0 Å². The number of carbonyl (C=O) groups is 1. The van der Waals surface area contributed by atoms with Gasteiger partial charge in [-0.05, 0) is 50.0 Å². The molecule has 0 aliphatic heterocycles. The molecule has 0 spiro atoms. The average molecular weight is 425 g/mol. The first-order chi connectivity index (χ1) is 13.3. The molecule has 0 amide bonds. The van der Waals surface area contributed by atoms with Gasteiger partial charge in [0.1, 0.15) is 4.90 Å². The summed E-state index contributed by atoms with van der Waals surface area (Å²) in [4.78, 5) is 12.1. The van der Waals surface area contributed by atoms with Crippen molar-refractivity contribution in [2.45, 2.75) is 30.6 Å². The molecule has 2 rings (SSSR count). The van der Waals surface area contributed by atoms with Crippen molar-refractivity contribution >= 4 is 27.4 Å². The molecule has 6 nitrogen and oxygen atoms in total. The van der Waals surface area contributed by atoms with Crippen LogP contribution in [0, 0.1) is 0 Å². The smallest absolute Gasteiger partial charge is 0.241 e. The molecular weight excluding hydrogens is 400 g/mol. The van der Waals surface area contributed by atoms with E-state index in [1.54, 1.807) is 0 Å². The monoisotopic (exact) mass is 424 g/mol. The first-order valence-corrected chi connectivity index (χ1v) is 10.9. The number of methoxy groups -OCH3 is 1. The first kappa shape index (κ1) is 22.4. The molecule has 0 heterocycles. The van der Waals surface area contributed by atoms with Crippen LogP contribution in [-0.4, -0.2) is 34.4 Å². The fraction of sp³-hybridized carbons (Fsp3) is 0.350. The molecule has 0 radical (unpaired) electrons. The van der Waals surface area contributed by atoms with Gasteiger partial charge in [0.05, 0.1) is 12.1 Å². The van der Waals surface area contributed by atoms with Crippen molar-refractivity contribution in [3.05, 3.63) is 58.6 Å². The zero-order valence-electron chi connectivity index (χ0n) is 15.8. The molecule has 0 aromatic heterocycles. The van der Waals surface area contributed by atoms with Gasteiger partial charge in [-0.3, -0.25) is 4.79 Å². The summed E-state index contributed by atoms with van der Waals surface area (Å²) in [6.07, 6.45) is 2.78. The minimum atomic E-state index is -4.05. The molecule has 0 fully saturated rings. The van der Waals surface area contributed by atoms with Crippen LogP contribution in [0.4, 0.5) is 0 Å². The summed E-state index contributed by atoms with van der Waals surface area (Å²) in [6, 6.07) is 12.9. The predicted octanol–water partition coefficient (Wildman–Crippen LogP) is 3.18. The Morgan fingerprint density at radius 2 is 1.86 bits per heavy atom. The van der Waals surface area contributed by atoms with Gasteiger partial charge in [-0.1, -0.05) is 41.9 Å². The number of halogens is 1. The lowest BCUT2D eigenvalue weighted by atomic mass is 10.1. The Hall–Kier alpha value is -1.93. The van der Waals surface area contributed by atoms with E-state index in [2.05, 4.69) is 17.4 Å². The van der Waals surface area contributed by atoms with Gasteiger partial charge in [0.15, 0.2) is 11.5 Å². The van der Waals surface area contributed by atoms with Crippen LogP contribution in [0.5, 0.6) is 5.75 Å².